The second kappa shape index (κ2) is 5.08. The van der Waals surface area contributed by atoms with Gasteiger partial charge in [-0.05, 0) is 35.4 Å². The number of nitrogens with two attached hydrogens (primary N) is 1. The molecule has 0 bridgehead atoms. The summed E-state index contributed by atoms with van der Waals surface area (Å²) in [6.45, 7) is 0. The molecule has 0 saturated heterocycles. The third-order valence-electron chi connectivity index (χ3n) is 3.00. The molecule has 0 spiro atoms. The molecule has 100 valence electrons. The molecule has 1 heterocycles. The number of nitrogens with zero attached hydrogens (tertiary/aromatic N) is 4. The van der Waals surface area contributed by atoms with Crippen LogP contribution in [-0.4, -0.2) is 27.3 Å². The molecule has 7 heteroatoms. The van der Waals surface area contributed by atoms with E-state index in [4.69, 9.17) is 10.5 Å². The number of tetrazole rings is 1. The van der Waals surface area contributed by atoms with E-state index in [-0.39, 0.29) is 0 Å². The van der Waals surface area contributed by atoms with Crippen molar-refractivity contribution >= 4 is 17.4 Å². The van der Waals surface area contributed by atoms with Crippen LogP contribution in [0.15, 0.2) is 23.1 Å². The van der Waals surface area contributed by atoms with Gasteiger partial charge in [-0.25, -0.2) is 4.68 Å². The zero-order chi connectivity index (χ0) is 13.2. The van der Waals surface area contributed by atoms with Gasteiger partial charge in [0.05, 0.1) is 18.9 Å². The highest BCUT2D eigenvalue weighted by Gasteiger charge is 2.27. The van der Waals surface area contributed by atoms with Gasteiger partial charge in [0.25, 0.3) is 0 Å². The molecule has 1 fully saturated rings. The van der Waals surface area contributed by atoms with E-state index in [1.165, 1.54) is 12.8 Å². The van der Waals surface area contributed by atoms with Gasteiger partial charge in [0.2, 0.25) is 0 Å². The normalized spacial score (nSPS) is 14.6. The average molecular weight is 277 g/mol. The maximum atomic E-state index is 5.74. The second-order valence-electron chi connectivity index (χ2n) is 4.47. The van der Waals surface area contributed by atoms with Gasteiger partial charge in [-0.15, -0.1) is 16.9 Å². The van der Waals surface area contributed by atoms with E-state index in [1.54, 1.807) is 18.9 Å². The Bertz CT molecular complexity index is 581. The topological polar surface area (TPSA) is 78.8 Å². The minimum atomic E-state index is 0.499. The monoisotopic (exact) mass is 277 g/mol. The van der Waals surface area contributed by atoms with Crippen molar-refractivity contribution in [2.45, 2.75) is 29.5 Å². The van der Waals surface area contributed by atoms with Crippen LogP contribution in [0.4, 0.5) is 5.69 Å². The maximum absolute atomic E-state index is 5.74. The van der Waals surface area contributed by atoms with Gasteiger partial charge >= 0.3 is 0 Å². The second-order valence-corrected chi connectivity index (χ2v) is 5.49. The van der Waals surface area contributed by atoms with E-state index >= 15 is 0 Å². The number of methoxy groups -OCH3 is 1. The van der Waals surface area contributed by atoms with Gasteiger partial charge in [-0.3, -0.25) is 0 Å². The molecule has 0 amide bonds. The van der Waals surface area contributed by atoms with Crippen LogP contribution in [0.25, 0.3) is 0 Å². The Morgan fingerprint density at radius 1 is 1.47 bits per heavy atom. The number of rotatable bonds is 5. The van der Waals surface area contributed by atoms with Crippen LogP contribution >= 0.6 is 11.8 Å². The summed E-state index contributed by atoms with van der Waals surface area (Å²) in [4.78, 5) is 1.04. The van der Waals surface area contributed by atoms with Crippen molar-refractivity contribution in [1.82, 2.24) is 20.2 Å². The summed E-state index contributed by atoms with van der Waals surface area (Å²) in [7, 11) is 1.65. The number of hydrogen-bond donors (Lipinski definition) is 1. The minimum Gasteiger partial charge on any atom is -0.496 e. The van der Waals surface area contributed by atoms with Crippen LogP contribution in [0, 0.1) is 0 Å². The first-order valence-corrected chi connectivity index (χ1v) is 7.09. The number of hydrogen-bond acceptors (Lipinski definition) is 6. The first kappa shape index (κ1) is 12.3. The highest BCUT2D eigenvalue weighted by Crippen LogP contribution is 2.37. The fraction of sp³-hybridized carbons (Fsp3) is 0.417. The van der Waals surface area contributed by atoms with E-state index < -0.39 is 0 Å². The Hall–Kier alpha value is -1.76. The molecule has 19 heavy (non-hydrogen) atoms. The fourth-order valence-electron chi connectivity index (χ4n) is 1.86. The molecule has 0 aliphatic heterocycles. The number of ether oxygens (including phenoxy) is 1. The molecule has 1 aromatic heterocycles. The molecule has 6 nitrogen and oxygen atoms in total. The first-order valence-electron chi connectivity index (χ1n) is 6.11. The summed E-state index contributed by atoms with van der Waals surface area (Å²) in [5, 5.41) is 11.9. The summed E-state index contributed by atoms with van der Waals surface area (Å²) < 4.78 is 7.25. The SMILES string of the molecule is COc1cc(N)ccc1SCc1nnnn1C1CC1. The Morgan fingerprint density at radius 3 is 3.05 bits per heavy atom. The quantitative estimate of drug-likeness (QED) is 0.664. The number of aromatic nitrogens is 4. The van der Waals surface area contributed by atoms with Crippen LogP contribution in [0.1, 0.15) is 24.7 Å². The highest BCUT2D eigenvalue weighted by atomic mass is 32.2. The molecule has 3 rings (SSSR count). The van der Waals surface area contributed by atoms with Crippen LogP contribution in [0.2, 0.25) is 0 Å². The van der Waals surface area contributed by atoms with Gasteiger partial charge < -0.3 is 10.5 Å². The molecule has 0 atom stereocenters. The Kier molecular flexibility index (Phi) is 3.29. The van der Waals surface area contributed by atoms with Crippen molar-refractivity contribution in [3.05, 3.63) is 24.0 Å². The van der Waals surface area contributed by atoms with Crippen LogP contribution in [0.3, 0.4) is 0 Å². The number of nitrogen functional groups attached to an aromatic ring is 1. The van der Waals surface area contributed by atoms with Crippen molar-refractivity contribution in [2.75, 3.05) is 12.8 Å². The molecule has 1 saturated carbocycles. The Labute approximate surface area is 115 Å². The van der Waals surface area contributed by atoms with Crippen LogP contribution in [-0.2, 0) is 5.75 Å². The Balaban J connectivity index is 1.73. The summed E-state index contributed by atoms with van der Waals surface area (Å²) in [5.74, 6) is 2.42. The van der Waals surface area contributed by atoms with Crippen LogP contribution < -0.4 is 10.5 Å². The average Bonchev–Trinajstić information content (AvgIpc) is 3.16. The summed E-state index contributed by atoms with van der Waals surface area (Å²) in [5.41, 5.74) is 6.44. The van der Waals surface area contributed by atoms with E-state index in [1.807, 2.05) is 22.9 Å². The maximum Gasteiger partial charge on any atom is 0.161 e. The predicted octanol–water partition coefficient (Wildman–Crippen LogP) is 1.89. The van der Waals surface area contributed by atoms with E-state index in [2.05, 4.69) is 15.5 Å². The fourth-order valence-corrected chi connectivity index (χ4v) is 2.78. The third kappa shape index (κ3) is 2.65. The molecule has 0 unspecified atom stereocenters. The number of benzene rings is 1. The predicted molar refractivity (Wildman–Crippen MR) is 73.1 cm³/mol. The molecule has 1 aliphatic rings. The van der Waals surface area contributed by atoms with Gasteiger partial charge in [0.1, 0.15) is 5.75 Å². The van der Waals surface area contributed by atoms with E-state index in [0.717, 1.165) is 22.2 Å². The van der Waals surface area contributed by atoms with Crippen molar-refractivity contribution in [3.8, 4) is 5.75 Å². The van der Waals surface area contributed by atoms with Gasteiger partial charge in [0, 0.05) is 16.6 Å². The van der Waals surface area contributed by atoms with Crippen molar-refractivity contribution in [3.63, 3.8) is 0 Å². The molecule has 2 aromatic rings. The lowest BCUT2D eigenvalue weighted by atomic mass is 10.3. The van der Waals surface area contributed by atoms with Crippen molar-refractivity contribution in [1.29, 1.82) is 0 Å². The van der Waals surface area contributed by atoms with Gasteiger partial charge in [0.15, 0.2) is 5.82 Å². The lowest BCUT2D eigenvalue weighted by molar-refractivity contribution is 0.405. The van der Waals surface area contributed by atoms with Gasteiger partial charge in [-0.1, -0.05) is 0 Å². The van der Waals surface area contributed by atoms with Crippen molar-refractivity contribution in [2.24, 2.45) is 0 Å². The zero-order valence-corrected chi connectivity index (χ0v) is 11.4. The zero-order valence-electron chi connectivity index (χ0n) is 10.6. The summed E-state index contributed by atoms with van der Waals surface area (Å²) in [6.07, 6.45) is 2.35. The minimum absolute atomic E-state index is 0.499. The van der Waals surface area contributed by atoms with E-state index in [9.17, 15) is 0 Å². The standard InChI is InChI=1S/C12H15N5OS/c1-18-10-6-8(13)2-5-11(10)19-7-12-14-15-16-17(12)9-3-4-9/h2,5-6,9H,3-4,7,13H2,1H3. The lowest BCUT2D eigenvalue weighted by Gasteiger charge is -2.08. The summed E-state index contributed by atoms with van der Waals surface area (Å²) >= 11 is 1.65. The van der Waals surface area contributed by atoms with E-state index in [0.29, 0.717) is 11.7 Å². The van der Waals surface area contributed by atoms with Gasteiger partial charge in [-0.2, -0.15) is 0 Å². The molecule has 1 aliphatic carbocycles. The molecule has 1 aromatic carbocycles. The Morgan fingerprint density at radius 2 is 2.32 bits per heavy atom. The van der Waals surface area contributed by atoms with Crippen molar-refractivity contribution < 1.29 is 4.74 Å². The summed E-state index contributed by atoms with van der Waals surface area (Å²) in [6, 6.07) is 6.16. The van der Waals surface area contributed by atoms with Crippen LogP contribution in [0.5, 0.6) is 5.75 Å². The molecular formula is C12H15N5OS. The molecular weight excluding hydrogens is 262 g/mol. The molecule has 2 N–H and O–H groups in total. The highest BCUT2D eigenvalue weighted by molar-refractivity contribution is 7.98. The lowest BCUT2D eigenvalue weighted by Crippen LogP contribution is -2.02. The first-order chi connectivity index (χ1) is 9.28. The molecule has 0 radical (unpaired) electrons. The number of thioether (sulfide) groups is 1. The third-order valence-corrected chi connectivity index (χ3v) is 4.05. The largest absolute Gasteiger partial charge is 0.496 e. The number of anilines is 1. The smallest absolute Gasteiger partial charge is 0.161 e.